The van der Waals surface area contributed by atoms with E-state index in [0.717, 1.165) is 32.3 Å². The number of hydrazone groups is 1. The molecule has 1 N–H and O–H groups in total. The molecule has 35 heavy (non-hydrogen) atoms. The number of halogens is 1. The van der Waals surface area contributed by atoms with Gasteiger partial charge in [0.2, 0.25) is 0 Å². The summed E-state index contributed by atoms with van der Waals surface area (Å²) in [6.07, 6.45) is 1.68. The van der Waals surface area contributed by atoms with Gasteiger partial charge in [-0.2, -0.15) is 5.10 Å². The average molecular weight is 508 g/mol. The molecule has 0 saturated carbocycles. The SMILES string of the molecule is CC1=NN(c2ccccc2)C2N=Cc3c(sc(-c4ccc(Cl)cc4)c3OC(=O)CCCC(=O)O)C12. The Bertz CT molecular complexity index is 1330. The van der Waals surface area contributed by atoms with E-state index >= 15 is 0 Å². The maximum atomic E-state index is 12.6. The van der Waals surface area contributed by atoms with Gasteiger partial charge in [0.05, 0.1) is 22.0 Å². The summed E-state index contributed by atoms with van der Waals surface area (Å²) in [6, 6.07) is 17.3. The number of benzene rings is 2. The number of esters is 1. The number of hydrogen-bond acceptors (Lipinski definition) is 7. The Morgan fingerprint density at radius 1 is 1.11 bits per heavy atom. The second-order valence-electron chi connectivity index (χ2n) is 8.36. The van der Waals surface area contributed by atoms with Crippen LogP contribution in [0.3, 0.4) is 0 Å². The van der Waals surface area contributed by atoms with Gasteiger partial charge >= 0.3 is 11.9 Å². The smallest absolute Gasteiger partial charge is 0.311 e. The largest absolute Gasteiger partial charge is 0.481 e. The summed E-state index contributed by atoms with van der Waals surface area (Å²) >= 11 is 7.66. The van der Waals surface area contributed by atoms with Crippen molar-refractivity contribution in [2.75, 3.05) is 5.01 Å². The molecule has 0 aliphatic carbocycles. The van der Waals surface area contributed by atoms with Crippen LogP contribution in [-0.4, -0.2) is 35.1 Å². The van der Waals surface area contributed by atoms with E-state index in [-0.39, 0.29) is 31.3 Å². The molecule has 0 radical (unpaired) electrons. The second-order valence-corrected chi connectivity index (χ2v) is 9.85. The van der Waals surface area contributed by atoms with Crippen molar-refractivity contribution in [2.24, 2.45) is 10.1 Å². The number of nitrogens with zero attached hydrogens (tertiary/aromatic N) is 3. The minimum atomic E-state index is -0.940. The number of ether oxygens (including phenoxy) is 1. The van der Waals surface area contributed by atoms with E-state index in [0.29, 0.717) is 10.8 Å². The minimum absolute atomic E-state index is 0.0163. The van der Waals surface area contributed by atoms with Gasteiger partial charge in [-0.25, -0.2) is 5.01 Å². The lowest BCUT2D eigenvalue weighted by Crippen LogP contribution is -2.32. The first-order valence-corrected chi connectivity index (χ1v) is 12.4. The molecule has 2 aliphatic rings. The molecule has 2 aliphatic heterocycles. The van der Waals surface area contributed by atoms with Crippen LogP contribution in [0, 0.1) is 0 Å². The van der Waals surface area contributed by atoms with Crippen LogP contribution < -0.4 is 9.75 Å². The molecular formula is C26H22ClN3O4S. The monoisotopic (exact) mass is 507 g/mol. The lowest BCUT2D eigenvalue weighted by atomic mass is 9.94. The van der Waals surface area contributed by atoms with E-state index in [1.807, 2.05) is 54.4 Å². The Hall–Kier alpha value is -3.49. The van der Waals surface area contributed by atoms with Crippen molar-refractivity contribution >= 4 is 52.5 Å². The van der Waals surface area contributed by atoms with E-state index in [1.54, 1.807) is 29.7 Å². The summed E-state index contributed by atoms with van der Waals surface area (Å²) in [4.78, 5) is 30.1. The van der Waals surface area contributed by atoms with Gasteiger partial charge in [-0.1, -0.05) is 41.9 Å². The van der Waals surface area contributed by atoms with Crippen LogP contribution in [0.25, 0.3) is 10.4 Å². The molecule has 2 atom stereocenters. The normalized spacial score (nSPS) is 18.1. The molecule has 0 saturated heterocycles. The molecule has 0 fully saturated rings. The van der Waals surface area contributed by atoms with Crippen LogP contribution in [-0.2, 0) is 9.59 Å². The zero-order valence-electron chi connectivity index (χ0n) is 18.8. The first-order valence-electron chi connectivity index (χ1n) is 11.2. The van der Waals surface area contributed by atoms with Crippen molar-refractivity contribution in [1.29, 1.82) is 0 Å². The molecule has 2 aromatic carbocycles. The first kappa shape index (κ1) is 23.3. The number of aliphatic imine (C=N–C) groups is 1. The minimum Gasteiger partial charge on any atom is -0.481 e. The quantitative estimate of drug-likeness (QED) is 0.398. The van der Waals surface area contributed by atoms with Crippen molar-refractivity contribution in [3.05, 3.63) is 70.1 Å². The molecule has 1 aromatic heterocycles. The maximum Gasteiger partial charge on any atom is 0.311 e. The molecule has 0 spiro atoms. The van der Waals surface area contributed by atoms with Gasteiger partial charge in [0.15, 0.2) is 11.9 Å². The number of carbonyl (C=O) groups is 2. The Labute approximate surface area is 211 Å². The maximum absolute atomic E-state index is 12.6. The van der Waals surface area contributed by atoms with E-state index in [9.17, 15) is 9.59 Å². The molecule has 3 aromatic rings. The van der Waals surface area contributed by atoms with E-state index in [1.165, 1.54) is 0 Å². The highest BCUT2D eigenvalue weighted by molar-refractivity contribution is 7.16. The van der Waals surface area contributed by atoms with Gasteiger partial charge < -0.3 is 9.84 Å². The Morgan fingerprint density at radius 2 is 1.86 bits per heavy atom. The highest BCUT2D eigenvalue weighted by Gasteiger charge is 2.42. The predicted molar refractivity (Wildman–Crippen MR) is 138 cm³/mol. The topological polar surface area (TPSA) is 91.6 Å². The molecule has 5 rings (SSSR count). The van der Waals surface area contributed by atoms with Crippen LogP contribution in [0.2, 0.25) is 5.02 Å². The van der Waals surface area contributed by atoms with Gasteiger partial charge in [0, 0.05) is 34.7 Å². The van der Waals surface area contributed by atoms with Gasteiger partial charge in [-0.15, -0.1) is 11.3 Å². The number of para-hydroxylation sites is 1. The summed E-state index contributed by atoms with van der Waals surface area (Å²) in [7, 11) is 0. The molecular weight excluding hydrogens is 486 g/mol. The number of fused-ring (bicyclic) bond motifs is 3. The Morgan fingerprint density at radius 3 is 2.57 bits per heavy atom. The number of carboxylic acids is 1. The van der Waals surface area contributed by atoms with Crippen LogP contribution in [0.4, 0.5) is 5.69 Å². The fourth-order valence-electron chi connectivity index (χ4n) is 4.30. The van der Waals surface area contributed by atoms with Crippen LogP contribution in [0.15, 0.2) is 64.7 Å². The van der Waals surface area contributed by atoms with Crippen LogP contribution >= 0.6 is 22.9 Å². The lowest BCUT2D eigenvalue weighted by molar-refractivity contribution is -0.137. The number of rotatable bonds is 7. The third-order valence-electron chi connectivity index (χ3n) is 5.95. The summed E-state index contributed by atoms with van der Waals surface area (Å²) in [5.41, 5.74) is 3.52. The first-order chi connectivity index (χ1) is 16.9. The summed E-state index contributed by atoms with van der Waals surface area (Å²) < 4.78 is 5.85. The second kappa shape index (κ2) is 9.64. The average Bonchev–Trinajstić information content (AvgIpc) is 3.37. The van der Waals surface area contributed by atoms with Crippen LogP contribution in [0.5, 0.6) is 5.75 Å². The van der Waals surface area contributed by atoms with Crippen LogP contribution in [0.1, 0.15) is 42.5 Å². The lowest BCUT2D eigenvalue weighted by Gasteiger charge is -2.27. The van der Waals surface area contributed by atoms with Crippen molar-refractivity contribution in [3.8, 4) is 16.2 Å². The van der Waals surface area contributed by atoms with Crippen molar-refractivity contribution in [1.82, 2.24) is 0 Å². The van der Waals surface area contributed by atoms with Gasteiger partial charge in [-0.05, 0) is 43.2 Å². The Balaban J connectivity index is 1.52. The van der Waals surface area contributed by atoms with E-state index in [2.05, 4.69) is 0 Å². The van der Waals surface area contributed by atoms with E-state index < -0.39 is 11.9 Å². The van der Waals surface area contributed by atoms with Crippen molar-refractivity contribution < 1.29 is 19.4 Å². The highest BCUT2D eigenvalue weighted by atomic mass is 35.5. The fourth-order valence-corrected chi connectivity index (χ4v) is 5.82. The molecule has 0 amide bonds. The number of thiophene rings is 1. The zero-order chi connectivity index (χ0) is 24.5. The van der Waals surface area contributed by atoms with Crippen molar-refractivity contribution in [2.45, 2.75) is 38.3 Å². The predicted octanol–water partition coefficient (Wildman–Crippen LogP) is 5.97. The zero-order valence-corrected chi connectivity index (χ0v) is 20.4. The molecule has 9 heteroatoms. The van der Waals surface area contributed by atoms with Gasteiger partial charge in [0.1, 0.15) is 0 Å². The summed E-state index contributed by atoms with van der Waals surface area (Å²) in [6.45, 7) is 1.99. The fraction of sp³-hybridized carbons (Fsp3) is 0.231. The third-order valence-corrected chi connectivity index (χ3v) is 7.52. The molecule has 7 nitrogen and oxygen atoms in total. The summed E-state index contributed by atoms with van der Waals surface area (Å²) in [5.74, 6) is -1.04. The van der Waals surface area contributed by atoms with Crippen molar-refractivity contribution in [3.63, 3.8) is 0 Å². The number of hydrogen-bond donors (Lipinski definition) is 1. The van der Waals surface area contributed by atoms with Gasteiger partial charge in [-0.3, -0.25) is 14.6 Å². The number of carbonyl (C=O) groups excluding carboxylic acids is 1. The number of aliphatic carboxylic acids is 1. The van der Waals surface area contributed by atoms with Gasteiger partial charge in [0.25, 0.3) is 0 Å². The summed E-state index contributed by atoms with van der Waals surface area (Å²) in [5, 5.41) is 16.2. The molecule has 0 bridgehead atoms. The Kier molecular flexibility index (Phi) is 6.40. The standard InChI is InChI=1S/C26H22ClN3O4S/c1-15-22-25-19(14-28-26(22)30(29-15)18-6-3-2-4-7-18)23(34-21(33)9-5-8-20(31)32)24(35-25)16-10-12-17(27)13-11-16/h2-4,6-7,10-14,22,26H,5,8-9H2,1H3,(H,31,32). The molecule has 178 valence electrons. The third kappa shape index (κ3) is 4.59. The number of carboxylic acid groups (broad SMARTS) is 1. The molecule has 3 heterocycles. The van der Waals surface area contributed by atoms with E-state index in [4.69, 9.17) is 31.5 Å². The highest BCUT2D eigenvalue weighted by Crippen LogP contribution is 2.50. The number of anilines is 1. The molecule has 2 unspecified atom stereocenters.